The van der Waals surface area contributed by atoms with E-state index in [4.69, 9.17) is 0 Å². The van der Waals surface area contributed by atoms with Gasteiger partial charge in [0.2, 0.25) is 0 Å². The Morgan fingerprint density at radius 3 is 2.58 bits per heavy atom. The molecule has 2 aromatic rings. The minimum atomic E-state index is 0.973. The second kappa shape index (κ2) is 6.20. The molecule has 0 saturated heterocycles. The number of nitrogens with zero attached hydrogens (tertiary/aromatic N) is 2. The maximum absolute atomic E-state index is 4.49. The molecule has 3 heteroatoms. The Labute approximate surface area is 123 Å². The standard InChI is InChI=1S/C16H19BrN2/c1-12-6-4-5-7-14(12)8-9-19(3)16-13(2)10-15(17)11-18-16/h4-7,10-11H,8-9H2,1-3H3. The number of rotatable bonds is 4. The minimum Gasteiger partial charge on any atom is -0.359 e. The van der Waals surface area contributed by atoms with Crippen LogP contribution in [0, 0.1) is 13.8 Å². The van der Waals surface area contributed by atoms with Crippen LogP contribution in [0.5, 0.6) is 0 Å². The third-order valence-corrected chi connectivity index (χ3v) is 3.79. The van der Waals surface area contributed by atoms with E-state index < -0.39 is 0 Å². The molecule has 1 aromatic carbocycles. The van der Waals surface area contributed by atoms with Crippen LogP contribution in [-0.4, -0.2) is 18.6 Å². The van der Waals surface area contributed by atoms with Gasteiger partial charge in [0, 0.05) is 24.3 Å². The van der Waals surface area contributed by atoms with E-state index in [1.807, 2.05) is 6.20 Å². The molecule has 0 aliphatic heterocycles. The van der Waals surface area contributed by atoms with Gasteiger partial charge in [-0.05, 0) is 59.0 Å². The van der Waals surface area contributed by atoms with Gasteiger partial charge in [-0.1, -0.05) is 24.3 Å². The minimum absolute atomic E-state index is 0.973. The molecule has 0 aliphatic rings. The van der Waals surface area contributed by atoms with Gasteiger partial charge in [0.1, 0.15) is 5.82 Å². The highest BCUT2D eigenvalue weighted by molar-refractivity contribution is 9.10. The van der Waals surface area contributed by atoms with Crippen LogP contribution in [-0.2, 0) is 6.42 Å². The molecule has 1 aromatic heterocycles. The number of hydrogen-bond donors (Lipinski definition) is 0. The highest BCUT2D eigenvalue weighted by Gasteiger charge is 2.07. The van der Waals surface area contributed by atoms with Crippen molar-refractivity contribution in [2.75, 3.05) is 18.5 Å². The zero-order valence-corrected chi connectivity index (χ0v) is 13.2. The molecule has 0 atom stereocenters. The van der Waals surface area contributed by atoms with Gasteiger partial charge in [-0.2, -0.15) is 0 Å². The van der Waals surface area contributed by atoms with Crippen molar-refractivity contribution >= 4 is 21.7 Å². The number of aromatic nitrogens is 1. The highest BCUT2D eigenvalue weighted by atomic mass is 79.9. The summed E-state index contributed by atoms with van der Waals surface area (Å²) >= 11 is 3.45. The van der Waals surface area contributed by atoms with Gasteiger partial charge in [0.15, 0.2) is 0 Å². The Morgan fingerprint density at radius 1 is 1.16 bits per heavy atom. The zero-order chi connectivity index (χ0) is 13.8. The molecule has 0 spiro atoms. The van der Waals surface area contributed by atoms with Crippen molar-refractivity contribution < 1.29 is 0 Å². The van der Waals surface area contributed by atoms with Crippen LogP contribution in [0.2, 0.25) is 0 Å². The molecular formula is C16H19BrN2. The fourth-order valence-corrected chi connectivity index (χ4v) is 2.66. The third-order valence-electron chi connectivity index (χ3n) is 3.36. The summed E-state index contributed by atoms with van der Waals surface area (Å²) in [5.74, 6) is 1.05. The first-order chi connectivity index (χ1) is 9.08. The lowest BCUT2D eigenvalue weighted by molar-refractivity contribution is 0.850. The highest BCUT2D eigenvalue weighted by Crippen LogP contribution is 2.20. The molecule has 0 amide bonds. The molecule has 2 rings (SSSR count). The maximum Gasteiger partial charge on any atom is 0.131 e. The van der Waals surface area contributed by atoms with Gasteiger partial charge in [-0.3, -0.25) is 0 Å². The Balaban J connectivity index is 2.05. The monoisotopic (exact) mass is 318 g/mol. The molecule has 0 aliphatic carbocycles. The molecule has 0 unspecified atom stereocenters. The smallest absolute Gasteiger partial charge is 0.131 e. The van der Waals surface area contributed by atoms with Crippen molar-refractivity contribution in [3.63, 3.8) is 0 Å². The molecule has 0 fully saturated rings. The van der Waals surface area contributed by atoms with E-state index in [0.717, 1.165) is 23.3 Å². The average molecular weight is 319 g/mol. The number of anilines is 1. The summed E-state index contributed by atoms with van der Waals surface area (Å²) in [5, 5.41) is 0. The fourth-order valence-electron chi connectivity index (χ4n) is 2.22. The van der Waals surface area contributed by atoms with Gasteiger partial charge in [0.25, 0.3) is 0 Å². The van der Waals surface area contributed by atoms with Crippen molar-refractivity contribution in [3.05, 3.63) is 57.7 Å². The summed E-state index contributed by atoms with van der Waals surface area (Å²) in [6.45, 7) is 5.23. The van der Waals surface area contributed by atoms with E-state index >= 15 is 0 Å². The first-order valence-corrected chi connectivity index (χ1v) is 7.25. The fraction of sp³-hybridized carbons (Fsp3) is 0.312. The number of hydrogen-bond acceptors (Lipinski definition) is 2. The van der Waals surface area contributed by atoms with Crippen LogP contribution in [0.1, 0.15) is 16.7 Å². The van der Waals surface area contributed by atoms with Crippen molar-refractivity contribution in [3.8, 4) is 0 Å². The largest absolute Gasteiger partial charge is 0.359 e. The lowest BCUT2D eigenvalue weighted by atomic mass is 10.1. The van der Waals surface area contributed by atoms with Crippen molar-refractivity contribution in [2.45, 2.75) is 20.3 Å². The van der Waals surface area contributed by atoms with E-state index in [1.54, 1.807) is 0 Å². The molecule has 1 heterocycles. The summed E-state index contributed by atoms with van der Waals surface area (Å²) in [4.78, 5) is 6.71. The third kappa shape index (κ3) is 3.57. The number of pyridine rings is 1. The Bertz CT molecular complexity index is 566. The predicted octanol–water partition coefficient (Wildman–Crippen LogP) is 4.14. The van der Waals surface area contributed by atoms with Gasteiger partial charge in [-0.25, -0.2) is 4.98 Å². The molecular weight excluding hydrogens is 300 g/mol. The molecule has 0 radical (unpaired) electrons. The number of halogens is 1. The van der Waals surface area contributed by atoms with E-state index in [0.29, 0.717) is 0 Å². The SMILES string of the molecule is Cc1ccccc1CCN(C)c1ncc(Br)cc1C. The maximum atomic E-state index is 4.49. The Kier molecular flexibility index (Phi) is 4.59. The zero-order valence-electron chi connectivity index (χ0n) is 11.7. The van der Waals surface area contributed by atoms with Gasteiger partial charge >= 0.3 is 0 Å². The Morgan fingerprint density at radius 2 is 1.89 bits per heavy atom. The first kappa shape index (κ1) is 14.1. The lowest BCUT2D eigenvalue weighted by Crippen LogP contribution is -2.22. The summed E-state index contributed by atoms with van der Waals surface area (Å²) in [6, 6.07) is 10.7. The normalized spacial score (nSPS) is 10.5. The second-order valence-electron chi connectivity index (χ2n) is 4.89. The molecule has 0 bridgehead atoms. The molecule has 100 valence electrons. The van der Waals surface area contributed by atoms with E-state index in [-0.39, 0.29) is 0 Å². The van der Waals surface area contributed by atoms with Crippen molar-refractivity contribution in [2.24, 2.45) is 0 Å². The van der Waals surface area contributed by atoms with Crippen LogP contribution < -0.4 is 4.90 Å². The van der Waals surface area contributed by atoms with Crippen LogP contribution >= 0.6 is 15.9 Å². The molecule has 0 N–H and O–H groups in total. The van der Waals surface area contributed by atoms with Gasteiger partial charge < -0.3 is 4.90 Å². The number of aryl methyl sites for hydroxylation is 2. The van der Waals surface area contributed by atoms with E-state index in [2.05, 4.69) is 77.0 Å². The Hall–Kier alpha value is -1.35. The van der Waals surface area contributed by atoms with Crippen LogP contribution in [0.4, 0.5) is 5.82 Å². The quantitative estimate of drug-likeness (QED) is 0.842. The topological polar surface area (TPSA) is 16.1 Å². The van der Waals surface area contributed by atoms with Gasteiger partial charge in [-0.15, -0.1) is 0 Å². The number of benzene rings is 1. The molecule has 2 nitrogen and oxygen atoms in total. The summed E-state index contributed by atoms with van der Waals surface area (Å²) in [7, 11) is 2.10. The second-order valence-corrected chi connectivity index (χ2v) is 5.81. The summed E-state index contributed by atoms with van der Waals surface area (Å²) in [5.41, 5.74) is 3.96. The average Bonchev–Trinajstić information content (AvgIpc) is 2.37. The number of likely N-dealkylation sites (N-methyl/N-ethyl adjacent to an activating group) is 1. The van der Waals surface area contributed by atoms with Crippen LogP contribution in [0.25, 0.3) is 0 Å². The lowest BCUT2D eigenvalue weighted by Gasteiger charge is -2.20. The van der Waals surface area contributed by atoms with Crippen LogP contribution in [0.15, 0.2) is 41.0 Å². The molecule has 0 saturated carbocycles. The van der Waals surface area contributed by atoms with Crippen LogP contribution in [0.3, 0.4) is 0 Å². The van der Waals surface area contributed by atoms with E-state index in [9.17, 15) is 0 Å². The molecule has 19 heavy (non-hydrogen) atoms. The summed E-state index contributed by atoms with van der Waals surface area (Å²) < 4.78 is 1.03. The predicted molar refractivity (Wildman–Crippen MR) is 84.8 cm³/mol. The van der Waals surface area contributed by atoms with E-state index in [1.165, 1.54) is 16.7 Å². The van der Waals surface area contributed by atoms with Gasteiger partial charge in [0.05, 0.1) is 0 Å². The van der Waals surface area contributed by atoms with Crippen molar-refractivity contribution in [1.82, 2.24) is 4.98 Å². The first-order valence-electron chi connectivity index (χ1n) is 6.45. The van der Waals surface area contributed by atoms with Crippen molar-refractivity contribution in [1.29, 1.82) is 0 Å². The summed E-state index contributed by atoms with van der Waals surface area (Å²) in [6.07, 6.45) is 2.90.